The quantitative estimate of drug-likeness (QED) is 0.317. The molecule has 0 saturated heterocycles. The average Bonchev–Trinajstić information content (AvgIpc) is 2.75. The molecule has 0 aromatic heterocycles. The number of carbonyl (C=O) groups excluding carboxylic acids is 1. The predicted molar refractivity (Wildman–Crippen MR) is 116 cm³/mol. The zero-order valence-electron chi connectivity index (χ0n) is 16.1. The van der Waals surface area contributed by atoms with E-state index in [2.05, 4.69) is 91.0 Å². The molecule has 0 spiro atoms. The third-order valence-electron chi connectivity index (χ3n) is 4.94. The Hall–Kier alpha value is -2.15. The molecule has 0 bridgehead atoms. The summed E-state index contributed by atoms with van der Waals surface area (Å²) in [6.07, 6.45) is 3.36. The van der Waals surface area contributed by atoms with Gasteiger partial charge in [-0.25, -0.2) is 0 Å². The Morgan fingerprint density at radius 2 is 1.11 bits per heavy atom. The first-order valence-electron chi connectivity index (χ1n) is 9.39. The second-order valence-corrected chi connectivity index (χ2v) is 10.2. The van der Waals surface area contributed by atoms with Gasteiger partial charge in [0.15, 0.2) is 0 Å². The normalized spacial score (nSPS) is 10.8. The van der Waals surface area contributed by atoms with Crippen LogP contribution in [0.4, 0.5) is 0 Å². The second-order valence-electron chi connectivity index (χ2n) is 6.57. The molecule has 2 nitrogen and oxygen atoms in total. The van der Waals surface area contributed by atoms with Crippen molar-refractivity contribution in [2.75, 3.05) is 13.3 Å². The van der Waals surface area contributed by atoms with Crippen LogP contribution in [0.5, 0.6) is 0 Å². The highest BCUT2D eigenvalue weighted by molar-refractivity contribution is 7.95. The number of rotatable bonds is 8. The van der Waals surface area contributed by atoms with E-state index in [0.717, 1.165) is 19.0 Å². The summed E-state index contributed by atoms with van der Waals surface area (Å²) in [4.78, 5) is 11.5. The Morgan fingerprint density at radius 3 is 1.46 bits per heavy atom. The lowest BCUT2D eigenvalue weighted by Crippen LogP contribution is -3.00. The Labute approximate surface area is 174 Å². The van der Waals surface area contributed by atoms with E-state index in [-0.39, 0.29) is 18.4 Å². The van der Waals surface area contributed by atoms with Crippen LogP contribution in [0.25, 0.3) is 0 Å². The van der Waals surface area contributed by atoms with Gasteiger partial charge in [0.05, 0.1) is 13.3 Å². The molecular formula is C24H26ClO2P. The van der Waals surface area contributed by atoms with E-state index in [0.29, 0.717) is 6.42 Å². The standard InChI is InChI=1S/C24H26O2P.ClH/c1-26-24(25)19-11-12-20-27(21-13-5-2-6-14-21,22-15-7-3-8-16-22)23-17-9-4-10-18-23;/h2-10,13-18H,11-12,19-20H2,1H3;1H/q+1;/p-1. The van der Waals surface area contributed by atoms with Crippen molar-refractivity contribution in [2.45, 2.75) is 19.3 Å². The largest absolute Gasteiger partial charge is 1.00 e. The highest BCUT2D eigenvalue weighted by Crippen LogP contribution is 2.55. The van der Waals surface area contributed by atoms with Crippen molar-refractivity contribution in [3.8, 4) is 0 Å². The fraction of sp³-hybridized carbons (Fsp3) is 0.208. The van der Waals surface area contributed by atoms with Crippen LogP contribution >= 0.6 is 7.26 Å². The Balaban J connectivity index is 0.00000280. The summed E-state index contributed by atoms with van der Waals surface area (Å²) in [5.74, 6) is -0.127. The second kappa shape index (κ2) is 11.0. The van der Waals surface area contributed by atoms with Crippen LogP contribution in [-0.2, 0) is 9.53 Å². The fourth-order valence-electron chi connectivity index (χ4n) is 3.60. The summed E-state index contributed by atoms with van der Waals surface area (Å²) in [7, 11) is -0.318. The zero-order valence-corrected chi connectivity index (χ0v) is 17.8. The number of carbonyl (C=O) groups is 1. The van der Waals surface area contributed by atoms with E-state index in [1.165, 1.54) is 23.0 Å². The maximum Gasteiger partial charge on any atom is 0.305 e. The maximum absolute atomic E-state index is 11.5. The van der Waals surface area contributed by atoms with Gasteiger partial charge in [0.2, 0.25) is 0 Å². The Bertz CT molecular complexity index is 742. The SMILES string of the molecule is COC(=O)CCCC[P+](c1ccccc1)(c1ccccc1)c1ccccc1.[Cl-]. The lowest BCUT2D eigenvalue weighted by atomic mass is 10.2. The van der Waals surface area contributed by atoms with Crippen molar-refractivity contribution < 1.29 is 21.9 Å². The highest BCUT2D eigenvalue weighted by Gasteiger charge is 2.44. The van der Waals surface area contributed by atoms with Crippen molar-refractivity contribution in [2.24, 2.45) is 0 Å². The molecule has 3 rings (SSSR count). The van der Waals surface area contributed by atoms with Crippen LogP contribution in [0.1, 0.15) is 19.3 Å². The number of hydrogen-bond donors (Lipinski definition) is 0. The summed E-state index contributed by atoms with van der Waals surface area (Å²) in [5, 5.41) is 4.17. The minimum absolute atomic E-state index is 0. The topological polar surface area (TPSA) is 26.3 Å². The zero-order chi connectivity index (χ0) is 19.0. The maximum atomic E-state index is 11.5. The van der Waals surface area contributed by atoms with Crippen molar-refractivity contribution in [1.29, 1.82) is 0 Å². The molecule has 0 unspecified atom stereocenters. The van der Waals surface area contributed by atoms with Crippen molar-refractivity contribution >= 4 is 29.1 Å². The summed E-state index contributed by atoms with van der Waals surface area (Å²) in [6.45, 7) is 0. The van der Waals surface area contributed by atoms with E-state index >= 15 is 0 Å². The van der Waals surface area contributed by atoms with Crippen LogP contribution in [-0.4, -0.2) is 19.2 Å². The van der Waals surface area contributed by atoms with Gasteiger partial charge in [-0.2, -0.15) is 0 Å². The Kier molecular flexibility index (Phi) is 8.70. The van der Waals surface area contributed by atoms with E-state index in [9.17, 15) is 4.79 Å². The van der Waals surface area contributed by atoms with Gasteiger partial charge in [-0.15, -0.1) is 0 Å². The van der Waals surface area contributed by atoms with Gasteiger partial charge in [0.25, 0.3) is 0 Å². The summed E-state index contributed by atoms with van der Waals surface area (Å²) < 4.78 is 4.81. The monoisotopic (exact) mass is 412 g/mol. The van der Waals surface area contributed by atoms with Crippen LogP contribution in [0.15, 0.2) is 91.0 Å². The summed E-state index contributed by atoms with van der Waals surface area (Å²) in [6, 6.07) is 32.5. The molecule has 0 aliphatic heterocycles. The van der Waals surface area contributed by atoms with Crippen LogP contribution in [0, 0.1) is 0 Å². The minimum Gasteiger partial charge on any atom is -1.00 e. The number of halogens is 1. The van der Waals surface area contributed by atoms with E-state index in [1.54, 1.807) is 0 Å². The van der Waals surface area contributed by atoms with Crippen molar-refractivity contribution in [3.05, 3.63) is 91.0 Å². The molecule has 3 aromatic carbocycles. The fourth-order valence-corrected chi connectivity index (χ4v) is 8.01. The first-order valence-corrected chi connectivity index (χ1v) is 11.4. The molecule has 0 atom stereocenters. The number of ether oxygens (including phenoxy) is 1. The third-order valence-corrected chi connectivity index (χ3v) is 9.47. The molecule has 28 heavy (non-hydrogen) atoms. The molecule has 0 radical (unpaired) electrons. The third kappa shape index (κ3) is 5.01. The molecule has 0 aliphatic carbocycles. The number of benzene rings is 3. The number of unbranched alkanes of at least 4 members (excludes halogenated alkanes) is 1. The van der Waals surface area contributed by atoms with Crippen LogP contribution in [0.2, 0.25) is 0 Å². The van der Waals surface area contributed by atoms with Gasteiger partial charge in [0, 0.05) is 6.42 Å². The van der Waals surface area contributed by atoms with E-state index in [1.807, 2.05) is 0 Å². The van der Waals surface area contributed by atoms with Gasteiger partial charge in [-0.3, -0.25) is 4.79 Å². The van der Waals surface area contributed by atoms with Gasteiger partial charge < -0.3 is 17.1 Å². The highest BCUT2D eigenvalue weighted by atomic mass is 35.5. The molecule has 0 N–H and O–H groups in total. The van der Waals surface area contributed by atoms with Gasteiger partial charge in [0.1, 0.15) is 23.2 Å². The molecule has 0 heterocycles. The number of esters is 1. The molecule has 0 amide bonds. The summed E-state index contributed by atoms with van der Waals surface area (Å²) in [5.41, 5.74) is 0. The molecule has 0 saturated carbocycles. The molecular weight excluding hydrogens is 387 g/mol. The molecule has 0 fully saturated rings. The summed E-state index contributed by atoms with van der Waals surface area (Å²) >= 11 is 0. The van der Waals surface area contributed by atoms with Gasteiger partial charge >= 0.3 is 5.97 Å². The van der Waals surface area contributed by atoms with E-state index in [4.69, 9.17) is 4.74 Å². The van der Waals surface area contributed by atoms with E-state index < -0.39 is 7.26 Å². The van der Waals surface area contributed by atoms with Gasteiger partial charge in [-0.1, -0.05) is 54.6 Å². The first-order chi connectivity index (χ1) is 13.3. The Morgan fingerprint density at radius 1 is 0.714 bits per heavy atom. The van der Waals surface area contributed by atoms with Crippen molar-refractivity contribution in [1.82, 2.24) is 0 Å². The number of hydrogen-bond acceptors (Lipinski definition) is 2. The molecule has 0 aliphatic rings. The van der Waals surface area contributed by atoms with Gasteiger partial charge in [-0.05, 0) is 49.2 Å². The first kappa shape index (κ1) is 22.1. The predicted octanol–water partition coefficient (Wildman–Crippen LogP) is 1.33. The lowest BCUT2D eigenvalue weighted by molar-refractivity contribution is -0.140. The smallest absolute Gasteiger partial charge is 0.305 e. The molecule has 146 valence electrons. The average molecular weight is 413 g/mol. The minimum atomic E-state index is -1.77. The van der Waals surface area contributed by atoms with Crippen molar-refractivity contribution in [3.63, 3.8) is 0 Å². The number of methoxy groups -OCH3 is 1. The lowest BCUT2D eigenvalue weighted by Gasteiger charge is -2.27. The molecule has 3 aromatic rings. The van der Waals surface area contributed by atoms with Crippen LogP contribution < -0.4 is 28.3 Å². The molecule has 4 heteroatoms. The van der Waals surface area contributed by atoms with Crippen LogP contribution in [0.3, 0.4) is 0 Å².